The third-order valence-corrected chi connectivity index (χ3v) is 2.82. The highest BCUT2D eigenvalue weighted by molar-refractivity contribution is 7.80. The van der Waals surface area contributed by atoms with E-state index in [0.717, 1.165) is 0 Å². The van der Waals surface area contributed by atoms with E-state index in [1.165, 1.54) is 0 Å². The van der Waals surface area contributed by atoms with Crippen LogP contribution in [0.25, 0.3) is 0 Å². The molecule has 0 saturated carbocycles. The number of hydrogen-bond acceptors (Lipinski definition) is 3. The summed E-state index contributed by atoms with van der Waals surface area (Å²) >= 11 is 4.85. The van der Waals surface area contributed by atoms with Crippen LogP contribution < -0.4 is 16.4 Å². The van der Waals surface area contributed by atoms with Crippen molar-refractivity contribution in [3.05, 3.63) is 35.4 Å². The summed E-state index contributed by atoms with van der Waals surface area (Å²) in [5.41, 5.74) is 6.44. The molecule has 0 bridgehead atoms. The van der Waals surface area contributed by atoms with Crippen LogP contribution in [0.2, 0.25) is 0 Å². The molecule has 0 heterocycles. The quantitative estimate of drug-likeness (QED) is 0.717. The predicted molar refractivity (Wildman–Crippen MR) is 87.2 cm³/mol. The minimum atomic E-state index is -0.266. The molecule has 0 atom stereocenters. The molecule has 0 aromatic heterocycles. The SMILES string of the molecule is CC(C)(C)NC(=O)CCNC(=O)c1ccc(C(N)=S)cc1. The normalized spacial score (nSPS) is 10.8. The fourth-order valence-electron chi connectivity index (χ4n) is 1.66. The first-order valence-corrected chi connectivity index (χ1v) is 7.09. The van der Waals surface area contributed by atoms with Crippen LogP contribution in [0.4, 0.5) is 0 Å². The van der Waals surface area contributed by atoms with Gasteiger partial charge in [-0.1, -0.05) is 24.4 Å². The zero-order valence-electron chi connectivity index (χ0n) is 12.5. The van der Waals surface area contributed by atoms with Gasteiger partial charge in [0.05, 0.1) is 0 Å². The summed E-state index contributed by atoms with van der Waals surface area (Å²) in [6.45, 7) is 6.02. The minimum absolute atomic E-state index is 0.0911. The van der Waals surface area contributed by atoms with Gasteiger partial charge in [-0.15, -0.1) is 0 Å². The first-order chi connectivity index (χ1) is 9.69. The molecule has 0 spiro atoms. The fourth-order valence-corrected chi connectivity index (χ4v) is 1.79. The molecular weight excluding hydrogens is 286 g/mol. The van der Waals surface area contributed by atoms with Crippen LogP contribution >= 0.6 is 12.2 Å². The number of hydrogen-bond donors (Lipinski definition) is 3. The molecule has 6 heteroatoms. The molecule has 0 fully saturated rings. The molecule has 0 aliphatic carbocycles. The maximum Gasteiger partial charge on any atom is 0.251 e. The van der Waals surface area contributed by atoms with Gasteiger partial charge in [0.25, 0.3) is 5.91 Å². The van der Waals surface area contributed by atoms with Crippen molar-refractivity contribution in [2.24, 2.45) is 5.73 Å². The number of thiocarbonyl (C=S) groups is 1. The van der Waals surface area contributed by atoms with Gasteiger partial charge in [0.2, 0.25) is 5.91 Å². The summed E-state index contributed by atoms with van der Waals surface area (Å²) in [4.78, 5) is 23.8. The van der Waals surface area contributed by atoms with E-state index in [0.29, 0.717) is 16.1 Å². The average Bonchev–Trinajstić information content (AvgIpc) is 2.36. The Morgan fingerprint density at radius 2 is 1.67 bits per heavy atom. The monoisotopic (exact) mass is 307 g/mol. The lowest BCUT2D eigenvalue weighted by Crippen LogP contribution is -2.41. The highest BCUT2D eigenvalue weighted by atomic mass is 32.1. The second-order valence-corrected chi connectivity index (χ2v) is 6.19. The highest BCUT2D eigenvalue weighted by Crippen LogP contribution is 2.04. The first kappa shape index (κ1) is 17.1. The Balaban J connectivity index is 2.44. The van der Waals surface area contributed by atoms with Gasteiger partial charge in [-0.2, -0.15) is 0 Å². The fraction of sp³-hybridized carbons (Fsp3) is 0.400. The molecule has 4 N–H and O–H groups in total. The summed E-state index contributed by atoms with van der Waals surface area (Å²) in [5, 5.41) is 5.53. The van der Waals surface area contributed by atoms with Crippen molar-refractivity contribution in [2.45, 2.75) is 32.7 Å². The number of benzene rings is 1. The second kappa shape index (κ2) is 7.17. The maximum atomic E-state index is 11.9. The summed E-state index contributed by atoms with van der Waals surface area (Å²) in [7, 11) is 0. The van der Waals surface area contributed by atoms with E-state index in [-0.39, 0.29) is 30.3 Å². The maximum absolute atomic E-state index is 11.9. The van der Waals surface area contributed by atoms with Crippen molar-refractivity contribution in [3.63, 3.8) is 0 Å². The van der Waals surface area contributed by atoms with Crippen molar-refractivity contribution >= 4 is 29.0 Å². The van der Waals surface area contributed by atoms with Gasteiger partial charge >= 0.3 is 0 Å². The Morgan fingerprint density at radius 1 is 1.14 bits per heavy atom. The van der Waals surface area contributed by atoms with E-state index in [4.69, 9.17) is 18.0 Å². The molecule has 0 aliphatic heterocycles. The summed E-state index contributed by atoms with van der Waals surface area (Å²) in [6, 6.07) is 6.70. The molecule has 21 heavy (non-hydrogen) atoms. The van der Waals surface area contributed by atoms with Crippen molar-refractivity contribution in [1.82, 2.24) is 10.6 Å². The first-order valence-electron chi connectivity index (χ1n) is 6.68. The largest absolute Gasteiger partial charge is 0.389 e. The Morgan fingerprint density at radius 3 is 2.14 bits per heavy atom. The van der Waals surface area contributed by atoms with E-state index < -0.39 is 0 Å². The zero-order chi connectivity index (χ0) is 16.0. The molecule has 114 valence electrons. The number of amides is 2. The van der Waals surface area contributed by atoms with Crippen LogP contribution in [-0.2, 0) is 4.79 Å². The molecule has 0 unspecified atom stereocenters. The Bertz CT molecular complexity index is 533. The van der Waals surface area contributed by atoms with E-state index in [9.17, 15) is 9.59 Å². The number of carbonyl (C=O) groups excluding carboxylic acids is 2. The van der Waals surface area contributed by atoms with Crippen molar-refractivity contribution in [2.75, 3.05) is 6.54 Å². The van der Waals surface area contributed by atoms with E-state index in [2.05, 4.69) is 10.6 Å². The van der Waals surface area contributed by atoms with Crippen LogP contribution in [0.3, 0.4) is 0 Å². The van der Waals surface area contributed by atoms with Crippen LogP contribution in [0.1, 0.15) is 43.1 Å². The van der Waals surface area contributed by atoms with E-state index >= 15 is 0 Å². The van der Waals surface area contributed by atoms with Gasteiger partial charge in [0.1, 0.15) is 4.99 Å². The predicted octanol–water partition coefficient (Wildman–Crippen LogP) is 1.36. The summed E-state index contributed by atoms with van der Waals surface area (Å²) in [5.74, 6) is -0.320. The van der Waals surface area contributed by atoms with E-state index in [1.54, 1.807) is 24.3 Å². The van der Waals surface area contributed by atoms with Gasteiger partial charge in [0, 0.05) is 29.6 Å². The number of nitrogens with one attached hydrogen (secondary N) is 2. The van der Waals surface area contributed by atoms with Gasteiger partial charge in [0.15, 0.2) is 0 Å². The van der Waals surface area contributed by atoms with Crippen molar-refractivity contribution < 1.29 is 9.59 Å². The topological polar surface area (TPSA) is 84.2 Å². The zero-order valence-corrected chi connectivity index (χ0v) is 13.3. The van der Waals surface area contributed by atoms with Gasteiger partial charge in [-0.25, -0.2) is 0 Å². The van der Waals surface area contributed by atoms with Gasteiger partial charge in [-0.3, -0.25) is 9.59 Å². The molecule has 2 amide bonds. The smallest absolute Gasteiger partial charge is 0.251 e. The molecule has 1 aromatic carbocycles. The second-order valence-electron chi connectivity index (χ2n) is 5.75. The van der Waals surface area contributed by atoms with Gasteiger partial charge in [-0.05, 0) is 32.9 Å². The van der Waals surface area contributed by atoms with Crippen LogP contribution in [0, 0.1) is 0 Å². The Kier molecular flexibility index (Phi) is 5.84. The van der Waals surface area contributed by atoms with Crippen LogP contribution in [-0.4, -0.2) is 28.9 Å². The molecule has 5 nitrogen and oxygen atoms in total. The lowest BCUT2D eigenvalue weighted by Gasteiger charge is -2.20. The number of carbonyl (C=O) groups is 2. The number of rotatable bonds is 5. The third kappa shape index (κ3) is 6.35. The number of nitrogens with two attached hydrogens (primary N) is 1. The Hall–Kier alpha value is -1.95. The lowest BCUT2D eigenvalue weighted by atomic mass is 10.1. The summed E-state index contributed by atoms with van der Waals surface area (Å²) < 4.78 is 0. The van der Waals surface area contributed by atoms with E-state index in [1.807, 2.05) is 20.8 Å². The summed E-state index contributed by atoms with van der Waals surface area (Å²) in [6.07, 6.45) is 0.244. The minimum Gasteiger partial charge on any atom is -0.389 e. The molecular formula is C15H21N3O2S. The van der Waals surface area contributed by atoms with Gasteiger partial charge < -0.3 is 16.4 Å². The van der Waals surface area contributed by atoms with Crippen LogP contribution in [0.5, 0.6) is 0 Å². The standard InChI is InChI=1S/C15H21N3O2S/c1-15(2,3)18-12(19)8-9-17-14(20)11-6-4-10(5-7-11)13(16)21/h4-7H,8-9H2,1-3H3,(H2,16,21)(H,17,20)(H,18,19). The lowest BCUT2D eigenvalue weighted by molar-refractivity contribution is -0.122. The molecule has 0 radical (unpaired) electrons. The van der Waals surface area contributed by atoms with Crippen molar-refractivity contribution in [3.8, 4) is 0 Å². The third-order valence-electron chi connectivity index (χ3n) is 2.58. The molecule has 1 aromatic rings. The van der Waals surface area contributed by atoms with Crippen LogP contribution in [0.15, 0.2) is 24.3 Å². The molecule has 1 rings (SSSR count). The van der Waals surface area contributed by atoms with Crippen molar-refractivity contribution in [1.29, 1.82) is 0 Å². The molecule has 0 saturated heterocycles. The molecule has 0 aliphatic rings. The highest BCUT2D eigenvalue weighted by Gasteiger charge is 2.13. The Labute approximate surface area is 130 Å². The average molecular weight is 307 g/mol.